The first-order valence-electron chi connectivity index (χ1n) is 6.03. The molecule has 16 heavy (non-hydrogen) atoms. The third kappa shape index (κ3) is 1.93. The van der Waals surface area contributed by atoms with Crippen LogP contribution in [0.15, 0.2) is 0 Å². The van der Waals surface area contributed by atoms with Gasteiger partial charge in [0.2, 0.25) is 11.8 Å². The van der Waals surface area contributed by atoms with Gasteiger partial charge in [0.25, 0.3) is 0 Å². The molecule has 2 fully saturated rings. The van der Waals surface area contributed by atoms with Gasteiger partial charge in [-0.05, 0) is 5.92 Å². The molecule has 0 N–H and O–H groups in total. The molecule has 0 spiro atoms. The molecule has 2 rings (SSSR count). The van der Waals surface area contributed by atoms with Crippen molar-refractivity contribution in [2.45, 2.75) is 20.8 Å². The number of nitrogens with zero attached hydrogens (tertiary/aromatic N) is 2. The van der Waals surface area contributed by atoms with E-state index in [-0.39, 0.29) is 17.7 Å². The molecule has 0 aromatic heterocycles. The van der Waals surface area contributed by atoms with Crippen LogP contribution in [-0.4, -0.2) is 47.8 Å². The fourth-order valence-electron chi connectivity index (χ4n) is 2.81. The number of amides is 2. The second-order valence-corrected chi connectivity index (χ2v) is 5.43. The summed E-state index contributed by atoms with van der Waals surface area (Å²) in [6.07, 6.45) is 0. The largest absolute Gasteiger partial charge is 0.342 e. The third-order valence-electron chi connectivity index (χ3n) is 3.56. The predicted octanol–water partition coefficient (Wildman–Crippen LogP) is 0.579. The molecule has 2 atom stereocenters. The highest BCUT2D eigenvalue weighted by Gasteiger charge is 2.46. The molecule has 4 heteroatoms. The van der Waals surface area contributed by atoms with E-state index in [0.29, 0.717) is 18.4 Å². The van der Waals surface area contributed by atoms with Gasteiger partial charge in [-0.1, -0.05) is 13.8 Å². The molecule has 0 bridgehead atoms. The van der Waals surface area contributed by atoms with Crippen LogP contribution in [-0.2, 0) is 9.59 Å². The van der Waals surface area contributed by atoms with Crippen molar-refractivity contribution >= 4 is 11.8 Å². The monoisotopic (exact) mass is 224 g/mol. The average Bonchev–Trinajstić information content (AvgIpc) is 2.68. The molecule has 2 saturated heterocycles. The Morgan fingerprint density at radius 1 is 1.38 bits per heavy atom. The molecule has 4 nitrogen and oxygen atoms in total. The Morgan fingerprint density at radius 2 is 2.06 bits per heavy atom. The molecule has 0 saturated carbocycles. The van der Waals surface area contributed by atoms with Crippen molar-refractivity contribution in [2.75, 3.05) is 26.2 Å². The smallest absolute Gasteiger partial charge is 0.227 e. The molecule has 2 heterocycles. The number of carbonyl (C=O) groups is 2. The minimum Gasteiger partial charge on any atom is -0.342 e. The van der Waals surface area contributed by atoms with E-state index in [1.807, 2.05) is 4.90 Å². The first-order valence-corrected chi connectivity index (χ1v) is 6.03. The van der Waals surface area contributed by atoms with Crippen LogP contribution in [0.3, 0.4) is 0 Å². The Balaban J connectivity index is 1.99. The highest BCUT2D eigenvalue weighted by Crippen LogP contribution is 2.32. The lowest BCUT2D eigenvalue weighted by Gasteiger charge is -2.22. The number of likely N-dealkylation sites (tertiary alicyclic amines) is 2. The summed E-state index contributed by atoms with van der Waals surface area (Å²) in [5.74, 6) is 1.31. The maximum Gasteiger partial charge on any atom is 0.227 e. The first kappa shape index (κ1) is 11.4. The van der Waals surface area contributed by atoms with Gasteiger partial charge in [-0.2, -0.15) is 0 Å². The lowest BCUT2D eigenvalue weighted by atomic mass is 10.0. The lowest BCUT2D eigenvalue weighted by Crippen LogP contribution is -2.36. The zero-order valence-corrected chi connectivity index (χ0v) is 10.3. The Hall–Kier alpha value is -1.06. The molecule has 0 aliphatic carbocycles. The highest BCUT2D eigenvalue weighted by atomic mass is 16.2. The zero-order chi connectivity index (χ0) is 11.9. The van der Waals surface area contributed by atoms with Gasteiger partial charge in [-0.3, -0.25) is 9.59 Å². The van der Waals surface area contributed by atoms with E-state index in [1.165, 1.54) is 0 Å². The lowest BCUT2D eigenvalue weighted by molar-refractivity contribution is -0.132. The maximum absolute atomic E-state index is 12.1. The van der Waals surface area contributed by atoms with Gasteiger partial charge in [0, 0.05) is 39.0 Å². The number of fused-ring (bicyclic) bond motifs is 1. The number of carbonyl (C=O) groups excluding carboxylic acids is 2. The van der Waals surface area contributed by atoms with E-state index in [0.717, 1.165) is 19.6 Å². The molecular formula is C12H20N2O2. The second-order valence-electron chi connectivity index (χ2n) is 5.43. The number of hydrogen-bond donors (Lipinski definition) is 0. The van der Waals surface area contributed by atoms with Crippen LogP contribution in [0, 0.1) is 17.8 Å². The minimum absolute atomic E-state index is 0.0719. The van der Waals surface area contributed by atoms with Gasteiger partial charge >= 0.3 is 0 Å². The molecule has 0 unspecified atom stereocenters. The summed E-state index contributed by atoms with van der Waals surface area (Å²) in [6.45, 7) is 8.93. The van der Waals surface area contributed by atoms with Crippen LogP contribution in [0.4, 0.5) is 0 Å². The normalized spacial score (nSPS) is 29.1. The zero-order valence-electron chi connectivity index (χ0n) is 10.3. The molecule has 90 valence electrons. The Bertz CT molecular complexity index is 314. The van der Waals surface area contributed by atoms with E-state index < -0.39 is 0 Å². The van der Waals surface area contributed by atoms with Crippen molar-refractivity contribution in [3.63, 3.8) is 0 Å². The molecule has 0 radical (unpaired) electrons. The van der Waals surface area contributed by atoms with Crippen molar-refractivity contribution in [3.05, 3.63) is 0 Å². The van der Waals surface area contributed by atoms with Crippen LogP contribution < -0.4 is 0 Å². The molecular weight excluding hydrogens is 204 g/mol. The van der Waals surface area contributed by atoms with Crippen LogP contribution in [0.25, 0.3) is 0 Å². The van der Waals surface area contributed by atoms with Gasteiger partial charge in [0.1, 0.15) is 0 Å². The van der Waals surface area contributed by atoms with Crippen LogP contribution in [0.1, 0.15) is 20.8 Å². The summed E-state index contributed by atoms with van der Waals surface area (Å²) in [4.78, 5) is 27.1. The third-order valence-corrected chi connectivity index (χ3v) is 3.56. The van der Waals surface area contributed by atoms with Gasteiger partial charge in [-0.25, -0.2) is 0 Å². The maximum atomic E-state index is 12.1. The summed E-state index contributed by atoms with van der Waals surface area (Å²) < 4.78 is 0. The van der Waals surface area contributed by atoms with Crippen molar-refractivity contribution < 1.29 is 9.59 Å². The summed E-state index contributed by atoms with van der Waals surface area (Å²) >= 11 is 0. The summed E-state index contributed by atoms with van der Waals surface area (Å²) in [5.41, 5.74) is 0. The van der Waals surface area contributed by atoms with E-state index in [1.54, 1.807) is 11.8 Å². The van der Waals surface area contributed by atoms with Gasteiger partial charge in [0.05, 0.1) is 5.92 Å². The Labute approximate surface area is 96.6 Å². The fraction of sp³-hybridized carbons (Fsp3) is 0.833. The van der Waals surface area contributed by atoms with Crippen molar-refractivity contribution in [2.24, 2.45) is 17.8 Å². The van der Waals surface area contributed by atoms with Gasteiger partial charge in [0.15, 0.2) is 0 Å². The summed E-state index contributed by atoms with van der Waals surface area (Å²) in [7, 11) is 0. The topological polar surface area (TPSA) is 40.6 Å². The van der Waals surface area contributed by atoms with Crippen molar-refractivity contribution in [1.82, 2.24) is 9.80 Å². The Kier molecular flexibility index (Phi) is 2.91. The van der Waals surface area contributed by atoms with E-state index in [4.69, 9.17) is 0 Å². The van der Waals surface area contributed by atoms with Crippen LogP contribution in [0.2, 0.25) is 0 Å². The van der Waals surface area contributed by atoms with E-state index in [2.05, 4.69) is 13.8 Å². The quantitative estimate of drug-likeness (QED) is 0.688. The summed E-state index contributed by atoms with van der Waals surface area (Å²) in [5, 5.41) is 0. The summed E-state index contributed by atoms with van der Waals surface area (Å²) in [6, 6.07) is 0. The fourth-order valence-corrected chi connectivity index (χ4v) is 2.81. The molecule has 2 amide bonds. The first-order chi connectivity index (χ1) is 7.49. The Morgan fingerprint density at radius 3 is 2.56 bits per heavy atom. The second kappa shape index (κ2) is 4.07. The van der Waals surface area contributed by atoms with Gasteiger partial charge < -0.3 is 9.80 Å². The van der Waals surface area contributed by atoms with Crippen LogP contribution >= 0.6 is 0 Å². The molecule has 0 aromatic carbocycles. The SMILES string of the molecule is CC(=O)N1C[C@@H]2CN(CC(C)C)C(=O)[C@@H]2C1. The van der Waals surface area contributed by atoms with Crippen molar-refractivity contribution in [3.8, 4) is 0 Å². The highest BCUT2D eigenvalue weighted by molar-refractivity contribution is 5.84. The van der Waals surface area contributed by atoms with E-state index in [9.17, 15) is 9.59 Å². The standard InChI is InChI=1S/C12H20N2O2/c1-8(2)4-14-6-10-5-13(9(3)15)7-11(10)12(14)16/h8,10-11H,4-7H2,1-3H3/t10-,11-/m1/s1. The molecule has 2 aliphatic heterocycles. The van der Waals surface area contributed by atoms with Crippen LogP contribution in [0.5, 0.6) is 0 Å². The van der Waals surface area contributed by atoms with E-state index >= 15 is 0 Å². The minimum atomic E-state index is 0.0719. The molecule has 2 aliphatic rings. The number of hydrogen-bond acceptors (Lipinski definition) is 2. The van der Waals surface area contributed by atoms with Gasteiger partial charge in [-0.15, -0.1) is 0 Å². The average molecular weight is 224 g/mol. The number of rotatable bonds is 2. The predicted molar refractivity (Wildman–Crippen MR) is 60.7 cm³/mol. The van der Waals surface area contributed by atoms with Crippen molar-refractivity contribution in [1.29, 1.82) is 0 Å². The molecule has 0 aromatic rings.